The molecular formula is C30H26FN3O2. The third kappa shape index (κ3) is 7.21. The molecule has 36 heavy (non-hydrogen) atoms. The molecule has 0 spiro atoms. The van der Waals surface area contributed by atoms with Crippen LogP contribution in [0.3, 0.4) is 0 Å². The Hall–Kier alpha value is -4.58. The molecule has 180 valence electrons. The molecule has 0 saturated heterocycles. The minimum atomic E-state index is -0.355. The van der Waals surface area contributed by atoms with E-state index in [-0.39, 0.29) is 30.6 Å². The molecule has 0 aliphatic carbocycles. The average Bonchev–Trinajstić information content (AvgIpc) is 2.91. The van der Waals surface area contributed by atoms with Crippen LogP contribution < -0.4 is 10.2 Å². The lowest BCUT2D eigenvalue weighted by molar-refractivity contribution is -0.120. The number of hydrogen-bond donors (Lipinski definition) is 1. The number of rotatable bonds is 9. The van der Waals surface area contributed by atoms with Crippen molar-refractivity contribution >= 4 is 23.6 Å². The van der Waals surface area contributed by atoms with Gasteiger partial charge >= 0.3 is 0 Å². The van der Waals surface area contributed by atoms with Crippen molar-refractivity contribution < 1.29 is 14.0 Å². The molecule has 0 radical (unpaired) electrons. The molecule has 4 rings (SSSR count). The molecule has 4 aromatic rings. The van der Waals surface area contributed by atoms with Crippen molar-refractivity contribution in [1.82, 2.24) is 10.3 Å². The Labute approximate surface area is 209 Å². The van der Waals surface area contributed by atoms with E-state index < -0.39 is 0 Å². The summed E-state index contributed by atoms with van der Waals surface area (Å²) in [5, 5.41) is 2.86. The predicted molar refractivity (Wildman–Crippen MR) is 139 cm³/mol. The lowest BCUT2D eigenvalue weighted by Crippen LogP contribution is -2.29. The van der Waals surface area contributed by atoms with Gasteiger partial charge < -0.3 is 10.2 Å². The fourth-order valence-electron chi connectivity index (χ4n) is 3.67. The summed E-state index contributed by atoms with van der Waals surface area (Å²) in [5.41, 5.74) is 3.84. The van der Waals surface area contributed by atoms with Crippen LogP contribution in [0.15, 0.2) is 109 Å². The summed E-state index contributed by atoms with van der Waals surface area (Å²) in [7, 11) is 0. The Bertz CT molecular complexity index is 1320. The lowest BCUT2D eigenvalue weighted by Gasteiger charge is -2.22. The van der Waals surface area contributed by atoms with Crippen molar-refractivity contribution in [1.29, 1.82) is 0 Å². The fraction of sp³-hybridized carbons (Fsp3) is 0.100. The van der Waals surface area contributed by atoms with E-state index in [0.29, 0.717) is 17.8 Å². The minimum absolute atomic E-state index is 0.119. The highest BCUT2D eigenvalue weighted by Gasteiger charge is 2.15. The third-order valence-electron chi connectivity index (χ3n) is 5.52. The average molecular weight is 480 g/mol. The van der Waals surface area contributed by atoms with E-state index in [0.717, 1.165) is 16.8 Å². The molecule has 5 nitrogen and oxygen atoms in total. The van der Waals surface area contributed by atoms with Crippen molar-refractivity contribution in [2.45, 2.75) is 19.5 Å². The van der Waals surface area contributed by atoms with Crippen LogP contribution in [0.5, 0.6) is 0 Å². The molecular weight excluding hydrogens is 453 g/mol. The van der Waals surface area contributed by atoms with Gasteiger partial charge in [0.05, 0.1) is 25.2 Å². The number of carbonyl (C=O) groups excluding carboxylic acids is 2. The highest BCUT2D eigenvalue weighted by atomic mass is 19.1. The molecule has 3 aromatic carbocycles. The number of halogens is 1. The van der Waals surface area contributed by atoms with Gasteiger partial charge in [-0.15, -0.1) is 0 Å². The van der Waals surface area contributed by atoms with Crippen LogP contribution in [0, 0.1) is 5.82 Å². The van der Waals surface area contributed by atoms with Gasteiger partial charge in [0.1, 0.15) is 5.82 Å². The Morgan fingerprint density at radius 2 is 1.64 bits per heavy atom. The van der Waals surface area contributed by atoms with Crippen LogP contribution in [-0.4, -0.2) is 16.8 Å². The standard InChI is InChI=1S/C30H26FN3O2/c31-26-10-6-9-25(19-26)22-34(30(36)17-14-23-7-2-1-3-8-23)28-15-12-24(13-16-28)20-29(35)33-21-27-11-4-5-18-32-27/h1-19H,20-22H2,(H,33,35)/b17-14+. The summed E-state index contributed by atoms with van der Waals surface area (Å²) in [6.45, 7) is 0.570. The molecule has 0 atom stereocenters. The molecule has 0 fully saturated rings. The second-order valence-corrected chi connectivity index (χ2v) is 8.24. The number of pyridine rings is 1. The summed E-state index contributed by atoms with van der Waals surface area (Å²) in [5.74, 6) is -0.706. The second-order valence-electron chi connectivity index (χ2n) is 8.24. The number of nitrogens with zero attached hydrogens (tertiary/aromatic N) is 2. The van der Waals surface area contributed by atoms with E-state index >= 15 is 0 Å². The Morgan fingerprint density at radius 1 is 0.861 bits per heavy atom. The number of anilines is 1. The largest absolute Gasteiger partial charge is 0.350 e. The van der Waals surface area contributed by atoms with Gasteiger partial charge in [0, 0.05) is 18.0 Å². The third-order valence-corrected chi connectivity index (χ3v) is 5.52. The van der Waals surface area contributed by atoms with Gasteiger partial charge in [-0.25, -0.2) is 4.39 Å². The number of nitrogens with one attached hydrogen (secondary N) is 1. The van der Waals surface area contributed by atoms with Crippen LogP contribution >= 0.6 is 0 Å². The first-order valence-corrected chi connectivity index (χ1v) is 11.6. The van der Waals surface area contributed by atoms with Crippen LogP contribution in [0.25, 0.3) is 6.08 Å². The van der Waals surface area contributed by atoms with Gasteiger partial charge in [-0.2, -0.15) is 0 Å². The van der Waals surface area contributed by atoms with Gasteiger partial charge in [0.25, 0.3) is 5.91 Å². The molecule has 0 bridgehead atoms. The molecule has 1 aromatic heterocycles. The van der Waals surface area contributed by atoms with E-state index in [2.05, 4.69) is 10.3 Å². The highest BCUT2D eigenvalue weighted by Crippen LogP contribution is 2.20. The monoisotopic (exact) mass is 479 g/mol. The summed E-state index contributed by atoms with van der Waals surface area (Å²) < 4.78 is 13.8. The van der Waals surface area contributed by atoms with Crippen LogP contribution in [0.4, 0.5) is 10.1 Å². The molecule has 0 saturated carbocycles. The van der Waals surface area contributed by atoms with E-state index in [1.54, 1.807) is 41.4 Å². The van der Waals surface area contributed by atoms with Crippen molar-refractivity contribution in [3.8, 4) is 0 Å². The molecule has 1 N–H and O–H groups in total. The number of carbonyl (C=O) groups is 2. The number of aromatic nitrogens is 1. The van der Waals surface area contributed by atoms with Crippen molar-refractivity contribution in [2.24, 2.45) is 0 Å². The number of benzene rings is 3. The zero-order valence-electron chi connectivity index (χ0n) is 19.7. The topological polar surface area (TPSA) is 62.3 Å². The van der Waals surface area contributed by atoms with E-state index in [9.17, 15) is 14.0 Å². The molecule has 0 unspecified atom stereocenters. The molecule has 2 amide bonds. The maximum atomic E-state index is 13.8. The summed E-state index contributed by atoms with van der Waals surface area (Å²) >= 11 is 0. The normalized spacial score (nSPS) is 10.8. The second kappa shape index (κ2) is 12.2. The highest BCUT2D eigenvalue weighted by molar-refractivity contribution is 6.03. The molecule has 0 aliphatic rings. The van der Waals surface area contributed by atoms with Crippen LogP contribution in [0.2, 0.25) is 0 Å². The zero-order valence-corrected chi connectivity index (χ0v) is 19.7. The SMILES string of the molecule is O=C(Cc1ccc(N(Cc2cccc(F)c2)C(=O)/C=C/c2ccccc2)cc1)NCc1ccccn1. The zero-order chi connectivity index (χ0) is 25.2. The van der Waals surface area contributed by atoms with Gasteiger partial charge in [-0.05, 0) is 59.2 Å². The van der Waals surface area contributed by atoms with E-state index in [1.807, 2.05) is 60.7 Å². The summed E-state index contributed by atoms with van der Waals surface area (Å²) in [4.78, 5) is 31.3. The maximum absolute atomic E-state index is 13.8. The van der Waals surface area contributed by atoms with Gasteiger partial charge in [-0.3, -0.25) is 14.6 Å². The first-order chi connectivity index (χ1) is 17.6. The smallest absolute Gasteiger partial charge is 0.251 e. The number of amides is 2. The van der Waals surface area contributed by atoms with Crippen molar-refractivity contribution in [2.75, 3.05) is 4.90 Å². The quantitative estimate of drug-likeness (QED) is 0.330. The molecule has 0 aliphatic heterocycles. The Morgan fingerprint density at radius 3 is 2.36 bits per heavy atom. The molecule has 1 heterocycles. The van der Waals surface area contributed by atoms with Crippen molar-refractivity contribution in [3.05, 3.63) is 138 Å². The van der Waals surface area contributed by atoms with Crippen molar-refractivity contribution in [3.63, 3.8) is 0 Å². The number of hydrogen-bond acceptors (Lipinski definition) is 3. The fourth-order valence-corrected chi connectivity index (χ4v) is 3.67. The van der Waals surface area contributed by atoms with E-state index in [4.69, 9.17) is 0 Å². The summed E-state index contributed by atoms with van der Waals surface area (Å²) in [6, 6.07) is 28.5. The first-order valence-electron chi connectivity index (χ1n) is 11.6. The van der Waals surface area contributed by atoms with E-state index in [1.165, 1.54) is 18.2 Å². The Balaban J connectivity index is 1.47. The first kappa shape index (κ1) is 24.5. The lowest BCUT2D eigenvalue weighted by atomic mass is 10.1. The molecule has 6 heteroatoms. The summed E-state index contributed by atoms with van der Waals surface area (Å²) in [6.07, 6.45) is 5.15. The predicted octanol–water partition coefficient (Wildman–Crippen LogP) is 5.33. The van der Waals surface area contributed by atoms with Gasteiger partial charge in [0.15, 0.2) is 0 Å². The minimum Gasteiger partial charge on any atom is -0.350 e. The maximum Gasteiger partial charge on any atom is 0.251 e. The van der Waals surface area contributed by atoms with Gasteiger partial charge in [0.2, 0.25) is 5.91 Å². The van der Waals surface area contributed by atoms with Gasteiger partial charge in [-0.1, -0.05) is 60.7 Å². The van der Waals surface area contributed by atoms with Crippen LogP contribution in [0.1, 0.15) is 22.4 Å². The van der Waals surface area contributed by atoms with Crippen LogP contribution in [-0.2, 0) is 29.1 Å². The Kier molecular flexibility index (Phi) is 8.33.